The number of guanidine groups is 1. The summed E-state index contributed by atoms with van der Waals surface area (Å²) in [5.41, 5.74) is 5.26. The lowest BCUT2D eigenvalue weighted by Crippen LogP contribution is -2.71. The number of nitrogens with zero attached hydrogens (tertiary/aromatic N) is 4. The molecule has 3 aliphatic carbocycles. The van der Waals surface area contributed by atoms with E-state index < -0.39 is 0 Å². The average Bonchev–Trinajstić information content (AvgIpc) is 3.13. The monoisotopic (exact) mass is 476 g/mol. The van der Waals surface area contributed by atoms with Crippen molar-refractivity contribution in [1.82, 2.24) is 20.1 Å². The zero-order valence-electron chi connectivity index (χ0n) is 20.9. The van der Waals surface area contributed by atoms with Gasteiger partial charge < -0.3 is 10.3 Å². The summed E-state index contributed by atoms with van der Waals surface area (Å²) in [6, 6.07) is 9.53. The second kappa shape index (κ2) is 8.86. The Morgan fingerprint density at radius 2 is 2.06 bits per heavy atom. The number of para-hydroxylation sites is 1. The molecule has 0 radical (unpaired) electrons. The molecule has 35 heavy (non-hydrogen) atoms. The van der Waals surface area contributed by atoms with E-state index in [4.69, 9.17) is 4.99 Å². The van der Waals surface area contributed by atoms with Crippen LogP contribution in [0.25, 0.3) is 10.9 Å². The van der Waals surface area contributed by atoms with E-state index in [1.54, 1.807) is 7.05 Å². The van der Waals surface area contributed by atoms with Gasteiger partial charge >= 0.3 is 0 Å². The second-order valence-corrected chi connectivity index (χ2v) is 11.2. The molecule has 2 aromatic rings. The number of benzene rings is 1. The first-order chi connectivity index (χ1) is 17.0. The number of aliphatic imine (C=N–C) groups is 2. The zero-order valence-corrected chi connectivity index (χ0v) is 20.9. The average molecular weight is 477 g/mol. The van der Waals surface area contributed by atoms with Gasteiger partial charge in [-0.2, -0.15) is 0 Å². The maximum Gasteiger partial charge on any atom is 0.217 e. The van der Waals surface area contributed by atoms with Gasteiger partial charge in [0.25, 0.3) is 0 Å². The molecule has 1 saturated heterocycles. The molecule has 0 unspecified atom stereocenters. The molecule has 5 aliphatic rings. The minimum absolute atomic E-state index is 0.101. The molecule has 4 fully saturated rings. The van der Waals surface area contributed by atoms with Gasteiger partial charge in [0.1, 0.15) is 0 Å². The molecule has 0 spiro atoms. The Morgan fingerprint density at radius 1 is 1.29 bits per heavy atom. The molecule has 7 heteroatoms. The number of likely N-dealkylation sites (tertiary alicyclic amines) is 1. The summed E-state index contributed by atoms with van der Waals surface area (Å²) in [5.74, 6) is 1.56. The molecule has 3 heterocycles. The van der Waals surface area contributed by atoms with Crippen LogP contribution in [0.2, 0.25) is 0 Å². The molecular formula is C28H37FN6. The topological polar surface area (TPSA) is 59.0 Å². The van der Waals surface area contributed by atoms with Crippen molar-refractivity contribution in [3.05, 3.63) is 47.7 Å². The highest BCUT2D eigenvalue weighted by Crippen LogP contribution is 2.64. The molecule has 6 nitrogen and oxygen atoms in total. The fourth-order valence-corrected chi connectivity index (χ4v) is 7.00. The van der Waals surface area contributed by atoms with Crippen molar-refractivity contribution in [3.8, 4) is 0 Å². The Labute approximate surface area is 207 Å². The molecule has 2 bridgehead atoms. The Hall–Kier alpha value is -2.51. The number of H-pyrrole nitrogens is 1. The number of hydrogen-bond donors (Lipinski definition) is 2. The van der Waals surface area contributed by atoms with Crippen LogP contribution in [-0.4, -0.2) is 77.9 Å². The minimum Gasteiger partial charge on any atom is -0.357 e. The molecule has 2 aliphatic heterocycles. The second-order valence-electron chi connectivity index (χ2n) is 11.2. The summed E-state index contributed by atoms with van der Waals surface area (Å²) in [7, 11) is 1.77. The molecular weight excluding hydrogens is 439 g/mol. The highest BCUT2D eigenvalue weighted by molar-refractivity contribution is 5.94. The standard InChI is InChI=1S/C28H37FN6/c1-18(15-31-27(30-3)32-21-16-34(17-21)10-6-9-29)26-25-23(22-7-4-5-8-24(22)33-25)11-19(2)35(26)28-12-20(13-28)14-28/h4-5,7-8,15,19-21,26,33H,1,6,9-14,16-17H2,2-3H3,(H,30,32)/t19-,20?,26-,28?/m1/s1. The van der Waals surface area contributed by atoms with Crippen LogP contribution in [0.4, 0.5) is 4.39 Å². The molecule has 0 amide bonds. The van der Waals surface area contributed by atoms with Gasteiger partial charge in [0.05, 0.1) is 18.8 Å². The number of halogens is 1. The van der Waals surface area contributed by atoms with E-state index in [0.717, 1.165) is 37.5 Å². The largest absolute Gasteiger partial charge is 0.357 e. The van der Waals surface area contributed by atoms with Gasteiger partial charge in [0.15, 0.2) is 0 Å². The van der Waals surface area contributed by atoms with Gasteiger partial charge in [-0.25, -0.2) is 4.99 Å². The van der Waals surface area contributed by atoms with E-state index in [1.807, 2.05) is 6.21 Å². The van der Waals surface area contributed by atoms with E-state index in [-0.39, 0.29) is 12.7 Å². The predicted octanol–water partition coefficient (Wildman–Crippen LogP) is 4.25. The lowest BCUT2D eigenvalue weighted by Gasteiger charge is -2.70. The van der Waals surface area contributed by atoms with E-state index in [0.29, 0.717) is 30.0 Å². The van der Waals surface area contributed by atoms with Crippen LogP contribution < -0.4 is 5.32 Å². The summed E-state index contributed by atoms with van der Waals surface area (Å²) in [5, 5.41) is 4.78. The highest BCUT2D eigenvalue weighted by atomic mass is 19.1. The van der Waals surface area contributed by atoms with Crippen molar-refractivity contribution in [3.63, 3.8) is 0 Å². The predicted molar refractivity (Wildman–Crippen MR) is 141 cm³/mol. The molecule has 1 aromatic carbocycles. The molecule has 7 rings (SSSR count). The summed E-state index contributed by atoms with van der Waals surface area (Å²) in [6.07, 6.45) is 7.54. The Kier molecular flexibility index (Phi) is 5.80. The van der Waals surface area contributed by atoms with Gasteiger partial charge in [-0.3, -0.25) is 19.2 Å². The van der Waals surface area contributed by atoms with Crippen molar-refractivity contribution in [2.75, 3.05) is 33.4 Å². The third kappa shape index (κ3) is 3.84. The summed E-state index contributed by atoms with van der Waals surface area (Å²) >= 11 is 0. The molecule has 1 aromatic heterocycles. The number of rotatable bonds is 7. The Bertz CT molecular complexity index is 1160. The Balaban J connectivity index is 1.23. The SMILES string of the molecule is C=C(C=NC(=NC)NC1CN(CCCF)C1)[C@@H]1c2[nH]c3ccccc3c2C[C@@H](C)N1C12CC(C1)C2. The third-order valence-corrected chi connectivity index (χ3v) is 8.74. The summed E-state index contributed by atoms with van der Waals surface area (Å²) in [4.78, 5) is 17.9. The first-order valence-corrected chi connectivity index (χ1v) is 13.1. The number of nitrogens with one attached hydrogen (secondary N) is 2. The number of alkyl halides is 1. The molecule has 3 saturated carbocycles. The van der Waals surface area contributed by atoms with Crippen LogP contribution in [0.5, 0.6) is 0 Å². The smallest absolute Gasteiger partial charge is 0.217 e. The molecule has 2 N–H and O–H groups in total. The minimum atomic E-state index is -0.250. The van der Waals surface area contributed by atoms with Crippen molar-refractivity contribution < 1.29 is 4.39 Å². The highest BCUT2D eigenvalue weighted by Gasteiger charge is 2.63. The zero-order chi connectivity index (χ0) is 24.2. The van der Waals surface area contributed by atoms with Gasteiger partial charge in [0, 0.05) is 61.1 Å². The van der Waals surface area contributed by atoms with Crippen LogP contribution in [0, 0.1) is 5.92 Å². The third-order valence-electron chi connectivity index (χ3n) is 8.74. The van der Waals surface area contributed by atoms with Crippen LogP contribution in [0.1, 0.15) is 49.9 Å². The number of hydrogen-bond acceptors (Lipinski definition) is 3. The fourth-order valence-electron chi connectivity index (χ4n) is 7.00. The summed E-state index contributed by atoms with van der Waals surface area (Å²) < 4.78 is 12.4. The van der Waals surface area contributed by atoms with Crippen molar-refractivity contribution in [1.29, 1.82) is 0 Å². The van der Waals surface area contributed by atoms with Crippen LogP contribution in [0.3, 0.4) is 0 Å². The fraction of sp³-hybridized carbons (Fsp3) is 0.571. The van der Waals surface area contributed by atoms with Crippen LogP contribution in [-0.2, 0) is 6.42 Å². The van der Waals surface area contributed by atoms with Crippen LogP contribution in [0.15, 0.2) is 46.4 Å². The number of aromatic nitrogens is 1. The van der Waals surface area contributed by atoms with Crippen molar-refractivity contribution >= 4 is 23.1 Å². The van der Waals surface area contributed by atoms with E-state index in [2.05, 4.69) is 62.9 Å². The maximum absolute atomic E-state index is 12.4. The first kappa shape index (κ1) is 22.9. The van der Waals surface area contributed by atoms with Gasteiger partial charge in [-0.15, -0.1) is 0 Å². The normalized spacial score (nSPS) is 31.2. The van der Waals surface area contributed by atoms with Gasteiger partial charge in [-0.1, -0.05) is 24.8 Å². The summed E-state index contributed by atoms with van der Waals surface area (Å²) in [6.45, 7) is 9.32. The van der Waals surface area contributed by atoms with Gasteiger partial charge in [0.2, 0.25) is 5.96 Å². The van der Waals surface area contributed by atoms with E-state index in [9.17, 15) is 4.39 Å². The van der Waals surface area contributed by atoms with E-state index >= 15 is 0 Å². The lowest BCUT2D eigenvalue weighted by atomic mass is 9.48. The number of aromatic amines is 1. The van der Waals surface area contributed by atoms with Crippen molar-refractivity contribution in [2.45, 2.75) is 62.7 Å². The van der Waals surface area contributed by atoms with Crippen molar-refractivity contribution in [2.24, 2.45) is 15.9 Å². The molecule has 186 valence electrons. The van der Waals surface area contributed by atoms with Gasteiger partial charge in [-0.05, 0) is 62.1 Å². The Morgan fingerprint density at radius 3 is 2.74 bits per heavy atom. The number of fused-ring (bicyclic) bond motifs is 3. The first-order valence-electron chi connectivity index (χ1n) is 13.1. The lowest BCUT2D eigenvalue weighted by molar-refractivity contribution is -0.174. The quantitative estimate of drug-likeness (QED) is 0.464. The molecule has 2 atom stereocenters. The van der Waals surface area contributed by atoms with Crippen LogP contribution >= 0.6 is 0 Å². The maximum atomic E-state index is 12.4. The van der Waals surface area contributed by atoms with E-state index in [1.165, 1.54) is 41.4 Å².